The van der Waals surface area contributed by atoms with E-state index in [-0.39, 0.29) is 11.9 Å². The molecule has 1 fully saturated rings. The first-order valence-corrected chi connectivity index (χ1v) is 8.90. The number of nitrogens with zero attached hydrogens (tertiary/aromatic N) is 3. The van der Waals surface area contributed by atoms with Crippen LogP contribution in [-0.4, -0.2) is 46.4 Å². The van der Waals surface area contributed by atoms with Crippen LogP contribution in [0.3, 0.4) is 0 Å². The summed E-state index contributed by atoms with van der Waals surface area (Å²) in [5.41, 5.74) is 2.58. The summed E-state index contributed by atoms with van der Waals surface area (Å²) in [4.78, 5) is 22.3. The van der Waals surface area contributed by atoms with Gasteiger partial charge in [-0.3, -0.25) is 9.69 Å². The van der Waals surface area contributed by atoms with Crippen molar-refractivity contribution in [1.82, 2.24) is 14.8 Å². The molecule has 1 saturated heterocycles. The molecule has 0 aliphatic carbocycles. The van der Waals surface area contributed by atoms with Crippen LogP contribution >= 0.6 is 11.3 Å². The van der Waals surface area contributed by atoms with Gasteiger partial charge in [0, 0.05) is 25.7 Å². The Morgan fingerprint density at radius 2 is 2.30 bits per heavy atom. The van der Waals surface area contributed by atoms with Gasteiger partial charge in [-0.25, -0.2) is 4.98 Å². The molecule has 0 aromatic carbocycles. The molecule has 1 amide bonds. The number of carbonyl (C=O) groups excluding carboxylic acids is 1. The summed E-state index contributed by atoms with van der Waals surface area (Å²) in [6.07, 6.45) is 1.71. The Balaban J connectivity index is 1.72. The van der Waals surface area contributed by atoms with Crippen LogP contribution in [0.15, 0.2) is 28.3 Å². The third kappa shape index (κ3) is 3.48. The van der Waals surface area contributed by atoms with Crippen LogP contribution in [0.1, 0.15) is 35.0 Å². The zero-order chi connectivity index (χ0) is 16.4. The largest absolute Gasteiger partial charge is 0.468 e. The first-order valence-electron chi connectivity index (χ1n) is 8.02. The summed E-state index contributed by atoms with van der Waals surface area (Å²) < 4.78 is 5.45. The molecule has 0 N–H and O–H groups in total. The molecule has 0 spiro atoms. The Labute approximate surface area is 140 Å². The fourth-order valence-electron chi connectivity index (χ4n) is 3.10. The molecule has 1 aliphatic rings. The molecule has 5 nitrogen and oxygen atoms in total. The average Bonchev–Trinajstić information content (AvgIpc) is 3.18. The second-order valence-electron chi connectivity index (χ2n) is 6.39. The van der Waals surface area contributed by atoms with Crippen LogP contribution in [0.4, 0.5) is 0 Å². The summed E-state index contributed by atoms with van der Waals surface area (Å²) in [5.74, 6) is 1.51. The predicted octanol–water partition coefficient (Wildman–Crippen LogP) is 3.03. The number of rotatable bonds is 4. The summed E-state index contributed by atoms with van der Waals surface area (Å²) in [6, 6.07) is 4.14. The highest BCUT2D eigenvalue weighted by atomic mass is 32.1. The van der Waals surface area contributed by atoms with Crippen LogP contribution in [0.5, 0.6) is 0 Å². The minimum atomic E-state index is 0.126. The quantitative estimate of drug-likeness (QED) is 0.863. The monoisotopic (exact) mass is 333 g/mol. The number of aromatic nitrogens is 1. The van der Waals surface area contributed by atoms with Crippen LogP contribution in [0.25, 0.3) is 0 Å². The molecule has 3 rings (SSSR count). The number of hydrogen-bond donors (Lipinski definition) is 0. The Bertz CT molecular complexity index is 651. The fourth-order valence-corrected chi connectivity index (χ4v) is 3.85. The standard InChI is InChI=1S/C17H23N3O2S/c1-12(2)15-10-19(9-14-5-4-8-22-14)6-7-20(15)17(21)16-13(3)18-11-23-16/h4-5,8,11-12,15H,6-7,9-10H2,1-3H3/t15-/m1/s1. The van der Waals surface area contributed by atoms with Crippen molar-refractivity contribution in [2.45, 2.75) is 33.4 Å². The molecule has 1 atom stereocenters. The van der Waals surface area contributed by atoms with Crippen molar-refractivity contribution in [3.05, 3.63) is 40.2 Å². The lowest BCUT2D eigenvalue weighted by molar-refractivity contribution is 0.0317. The van der Waals surface area contributed by atoms with Crippen molar-refractivity contribution in [3.8, 4) is 0 Å². The van der Waals surface area contributed by atoms with Crippen molar-refractivity contribution in [2.24, 2.45) is 5.92 Å². The highest BCUT2D eigenvalue weighted by Gasteiger charge is 2.34. The van der Waals surface area contributed by atoms with E-state index < -0.39 is 0 Å². The van der Waals surface area contributed by atoms with Gasteiger partial charge in [-0.2, -0.15) is 0 Å². The number of thiazole rings is 1. The van der Waals surface area contributed by atoms with Gasteiger partial charge in [-0.1, -0.05) is 13.8 Å². The minimum Gasteiger partial charge on any atom is -0.468 e. The highest BCUT2D eigenvalue weighted by molar-refractivity contribution is 7.11. The maximum atomic E-state index is 12.9. The van der Waals surface area contributed by atoms with Crippen LogP contribution < -0.4 is 0 Å². The van der Waals surface area contributed by atoms with Gasteiger partial charge in [0.15, 0.2) is 0 Å². The number of piperazine rings is 1. The van der Waals surface area contributed by atoms with E-state index in [9.17, 15) is 4.79 Å². The van der Waals surface area contributed by atoms with E-state index in [0.717, 1.165) is 42.5 Å². The van der Waals surface area contributed by atoms with E-state index in [1.54, 1.807) is 11.8 Å². The Morgan fingerprint density at radius 1 is 1.48 bits per heavy atom. The molecule has 0 radical (unpaired) electrons. The molecule has 0 unspecified atom stereocenters. The molecule has 6 heteroatoms. The molecular weight excluding hydrogens is 310 g/mol. The first-order chi connectivity index (χ1) is 11.1. The summed E-state index contributed by atoms with van der Waals surface area (Å²) in [5, 5.41) is 0. The number of furan rings is 1. The van der Waals surface area contributed by atoms with Gasteiger partial charge in [0.1, 0.15) is 10.6 Å². The first kappa shape index (κ1) is 16.2. The molecule has 3 heterocycles. The maximum Gasteiger partial charge on any atom is 0.266 e. The van der Waals surface area contributed by atoms with Gasteiger partial charge >= 0.3 is 0 Å². The molecule has 1 aliphatic heterocycles. The van der Waals surface area contributed by atoms with Crippen molar-refractivity contribution in [2.75, 3.05) is 19.6 Å². The van der Waals surface area contributed by atoms with Gasteiger partial charge in [0.05, 0.1) is 24.0 Å². The van der Waals surface area contributed by atoms with Gasteiger partial charge in [0.25, 0.3) is 5.91 Å². The zero-order valence-electron chi connectivity index (χ0n) is 13.9. The van der Waals surface area contributed by atoms with Crippen LogP contribution in [0.2, 0.25) is 0 Å². The highest BCUT2D eigenvalue weighted by Crippen LogP contribution is 2.23. The van der Waals surface area contributed by atoms with Crippen molar-refractivity contribution in [1.29, 1.82) is 0 Å². The van der Waals surface area contributed by atoms with Gasteiger partial charge in [-0.15, -0.1) is 11.3 Å². The van der Waals surface area contributed by atoms with Crippen LogP contribution in [-0.2, 0) is 6.54 Å². The van der Waals surface area contributed by atoms with Crippen molar-refractivity contribution in [3.63, 3.8) is 0 Å². The minimum absolute atomic E-state index is 0.126. The molecule has 23 heavy (non-hydrogen) atoms. The van der Waals surface area contributed by atoms with Gasteiger partial charge in [-0.05, 0) is 25.0 Å². The van der Waals surface area contributed by atoms with E-state index in [0.29, 0.717) is 5.92 Å². The Hall–Kier alpha value is -1.66. The van der Waals surface area contributed by atoms with Crippen molar-refractivity contribution >= 4 is 17.2 Å². The van der Waals surface area contributed by atoms with Gasteiger partial charge in [0.2, 0.25) is 0 Å². The summed E-state index contributed by atoms with van der Waals surface area (Å²) >= 11 is 1.44. The van der Waals surface area contributed by atoms with Gasteiger partial charge < -0.3 is 9.32 Å². The Morgan fingerprint density at radius 3 is 2.91 bits per heavy atom. The number of carbonyl (C=O) groups is 1. The lowest BCUT2D eigenvalue weighted by Crippen LogP contribution is -2.56. The second-order valence-corrected chi connectivity index (χ2v) is 7.25. The zero-order valence-corrected chi connectivity index (χ0v) is 14.7. The maximum absolute atomic E-state index is 12.9. The van der Waals surface area contributed by atoms with E-state index in [1.165, 1.54) is 11.3 Å². The summed E-state index contributed by atoms with van der Waals surface area (Å²) in [7, 11) is 0. The number of aryl methyl sites for hydroxylation is 1. The predicted molar refractivity (Wildman–Crippen MR) is 90.5 cm³/mol. The SMILES string of the molecule is Cc1ncsc1C(=O)N1CCN(Cc2ccco2)C[C@@H]1C(C)C. The topological polar surface area (TPSA) is 49.6 Å². The number of hydrogen-bond acceptors (Lipinski definition) is 5. The molecular formula is C17H23N3O2S. The lowest BCUT2D eigenvalue weighted by atomic mass is 9.99. The normalized spacial score (nSPS) is 19.5. The molecule has 0 bridgehead atoms. The summed E-state index contributed by atoms with van der Waals surface area (Å²) in [6.45, 7) is 9.57. The third-order valence-corrected chi connectivity index (χ3v) is 5.35. The van der Waals surface area contributed by atoms with E-state index in [4.69, 9.17) is 4.42 Å². The average molecular weight is 333 g/mol. The smallest absolute Gasteiger partial charge is 0.266 e. The van der Waals surface area contributed by atoms with E-state index in [2.05, 4.69) is 23.7 Å². The molecule has 2 aromatic heterocycles. The lowest BCUT2D eigenvalue weighted by Gasteiger charge is -2.43. The number of amides is 1. The fraction of sp³-hybridized carbons (Fsp3) is 0.529. The Kier molecular flexibility index (Phi) is 4.82. The van der Waals surface area contributed by atoms with E-state index >= 15 is 0 Å². The van der Waals surface area contributed by atoms with E-state index in [1.807, 2.05) is 24.0 Å². The third-order valence-electron chi connectivity index (χ3n) is 4.43. The molecule has 0 saturated carbocycles. The molecule has 2 aromatic rings. The second kappa shape index (κ2) is 6.84. The molecule has 124 valence electrons. The van der Waals surface area contributed by atoms with Crippen LogP contribution in [0, 0.1) is 12.8 Å². The van der Waals surface area contributed by atoms with Crippen molar-refractivity contribution < 1.29 is 9.21 Å².